The SMILES string of the molecule is COC(=O)c1c(NC(=O)CSc2cccc(NC(=S)Nc3ccccc3)c2)sc2c1CCN(C(=O)OC(C)(C)C)C2. The molecule has 0 unspecified atom stereocenters. The quantitative estimate of drug-likeness (QED) is 0.159. The van der Waals surface area contributed by atoms with Crippen molar-refractivity contribution in [3.63, 3.8) is 0 Å². The van der Waals surface area contributed by atoms with Crippen LogP contribution in [0, 0.1) is 0 Å². The number of benzene rings is 2. The topological polar surface area (TPSA) is 109 Å². The molecule has 216 valence electrons. The van der Waals surface area contributed by atoms with Gasteiger partial charge in [0.05, 0.1) is 25.0 Å². The molecule has 41 heavy (non-hydrogen) atoms. The minimum atomic E-state index is -0.610. The van der Waals surface area contributed by atoms with E-state index in [4.69, 9.17) is 21.7 Å². The van der Waals surface area contributed by atoms with Crippen molar-refractivity contribution in [1.29, 1.82) is 0 Å². The summed E-state index contributed by atoms with van der Waals surface area (Å²) in [6.07, 6.45) is 0.0486. The molecule has 0 atom stereocenters. The second-order valence-corrected chi connectivity index (χ2v) is 12.7. The Balaban J connectivity index is 1.38. The molecule has 0 spiro atoms. The maximum absolute atomic E-state index is 12.9. The Morgan fingerprint density at radius 2 is 1.73 bits per heavy atom. The van der Waals surface area contributed by atoms with Crippen LogP contribution in [0.1, 0.15) is 41.6 Å². The minimum absolute atomic E-state index is 0.128. The average Bonchev–Trinajstić information content (AvgIpc) is 3.28. The average molecular weight is 613 g/mol. The van der Waals surface area contributed by atoms with Crippen LogP contribution in [0.3, 0.4) is 0 Å². The van der Waals surface area contributed by atoms with Gasteiger partial charge < -0.3 is 30.3 Å². The monoisotopic (exact) mass is 612 g/mol. The van der Waals surface area contributed by atoms with E-state index in [0.29, 0.717) is 35.2 Å². The molecule has 1 aliphatic rings. The number of amides is 2. The molecule has 0 bridgehead atoms. The number of thiophene rings is 1. The Kier molecular flexibility index (Phi) is 9.90. The highest BCUT2D eigenvalue weighted by Crippen LogP contribution is 2.38. The van der Waals surface area contributed by atoms with Crippen molar-refractivity contribution in [2.45, 2.75) is 44.2 Å². The number of nitrogens with one attached hydrogen (secondary N) is 3. The number of carbonyl (C=O) groups excluding carboxylic acids is 3. The van der Waals surface area contributed by atoms with Crippen LogP contribution in [0.15, 0.2) is 59.5 Å². The van der Waals surface area contributed by atoms with Gasteiger partial charge in [0.25, 0.3) is 0 Å². The van der Waals surface area contributed by atoms with Crippen molar-refractivity contribution >= 4 is 74.8 Å². The van der Waals surface area contributed by atoms with Gasteiger partial charge >= 0.3 is 12.1 Å². The summed E-state index contributed by atoms with van der Waals surface area (Å²) >= 11 is 8.05. The largest absolute Gasteiger partial charge is 0.465 e. The summed E-state index contributed by atoms with van der Waals surface area (Å²) in [5, 5.41) is 10.1. The standard InChI is InChI=1S/C29H32N4O5S3/c1-29(2,3)38-28(36)33-14-13-21-22(16-33)41-25(24(21)26(35)37-4)32-23(34)17-40-20-12-8-11-19(15-20)31-27(39)30-18-9-6-5-7-10-18/h5-12,15H,13-14,16-17H2,1-4H3,(H,32,34)(H2,30,31,39). The van der Waals surface area contributed by atoms with Gasteiger partial charge in [-0.1, -0.05) is 24.3 Å². The van der Waals surface area contributed by atoms with Gasteiger partial charge in [-0.05, 0) is 75.3 Å². The van der Waals surface area contributed by atoms with E-state index in [0.717, 1.165) is 26.7 Å². The van der Waals surface area contributed by atoms with Crippen LogP contribution in [0.5, 0.6) is 0 Å². The predicted octanol–water partition coefficient (Wildman–Crippen LogP) is 6.37. The van der Waals surface area contributed by atoms with E-state index in [9.17, 15) is 14.4 Å². The Hall–Kier alpha value is -3.61. The van der Waals surface area contributed by atoms with E-state index in [-0.39, 0.29) is 11.7 Å². The second kappa shape index (κ2) is 13.4. The molecular weight excluding hydrogens is 581 g/mol. The highest BCUT2D eigenvalue weighted by atomic mass is 32.2. The molecule has 3 N–H and O–H groups in total. The number of esters is 1. The van der Waals surface area contributed by atoms with Crippen molar-refractivity contribution in [3.05, 3.63) is 70.6 Å². The van der Waals surface area contributed by atoms with Gasteiger partial charge in [-0.15, -0.1) is 23.1 Å². The van der Waals surface area contributed by atoms with E-state index in [1.807, 2.05) is 75.4 Å². The predicted molar refractivity (Wildman–Crippen MR) is 168 cm³/mol. The number of fused-ring (bicyclic) bond motifs is 1. The number of anilines is 3. The molecule has 0 aliphatic carbocycles. The summed E-state index contributed by atoms with van der Waals surface area (Å²) in [7, 11) is 1.31. The zero-order valence-electron chi connectivity index (χ0n) is 23.2. The van der Waals surface area contributed by atoms with E-state index >= 15 is 0 Å². The number of ether oxygens (including phenoxy) is 2. The fraction of sp³-hybridized carbons (Fsp3) is 0.310. The third-order valence-corrected chi connectivity index (χ3v) is 8.17. The normalized spacial score (nSPS) is 12.6. The molecule has 2 aromatic carbocycles. The number of hydrogen-bond acceptors (Lipinski definition) is 8. The minimum Gasteiger partial charge on any atom is -0.465 e. The fourth-order valence-electron chi connectivity index (χ4n) is 4.08. The summed E-state index contributed by atoms with van der Waals surface area (Å²) < 4.78 is 10.5. The third-order valence-electron chi connectivity index (χ3n) is 5.84. The number of thioether (sulfide) groups is 1. The molecule has 0 radical (unpaired) electrons. The molecule has 0 saturated carbocycles. The highest BCUT2D eigenvalue weighted by molar-refractivity contribution is 8.00. The number of hydrogen-bond donors (Lipinski definition) is 3. The lowest BCUT2D eigenvalue weighted by molar-refractivity contribution is -0.113. The Labute approximate surface area is 253 Å². The lowest BCUT2D eigenvalue weighted by Gasteiger charge is -2.30. The molecule has 0 saturated heterocycles. The first-order valence-electron chi connectivity index (χ1n) is 12.9. The Bertz CT molecular complexity index is 1440. The van der Waals surface area contributed by atoms with Crippen LogP contribution < -0.4 is 16.0 Å². The fourth-order valence-corrected chi connectivity index (χ4v) is 6.34. The molecule has 1 aliphatic heterocycles. The van der Waals surface area contributed by atoms with Crippen molar-refractivity contribution in [2.24, 2.45) is 0 Å². The van der Waals surface area contributed by atoms with E-state index in [1.54, 1.807) is 4.90 Å². The lowest BCUT2D eigenvalue weighted by Crippen LogP contribution is -2.39. The van der Waals surface area contributed by atoms with Gasteiger partial charge in [0.2, 0.25) is 5.91 Å². The van der Waals surface area contributed by atoms with Crippen molar-refractivity contribution in [1.82, 2.24) is 4.90 Å². The zero-order chi connectivity index (χ0) is 29.6. The lowest BCUT2D eigenvalue weighted by atomic mass is 10.0. The molecular formula is C29H32N4O5S3. The van der Waals surface area contributed by atoms with Gasteiger partial charge in [-0.2, -0.15) is 0 Å². The Morgan fingerprint density at radius 1 is 1.02 bits per heavy atom. The maximum atomic E-state index is 12.9. The van der Waals surface area contributed by atoms with Gasteiger partial charge in [0.1, 0.15) is 10.6 Å². The number of thiocarbonyl (C=S) groups is 1. The molecule has 9 nitrogen and oxygen atoms in total. The Morgan fingerprint density at radius 3 is 2.44 bits per heavy atom. The summed E-state index contributed by atoms with van der Waals surface area (Å²) in [4.78, 5) is 41.5. The van der Waals surface area contributed by atoms with E-state index < -0.39 is 17.7 Å². The number of nitrogens with zero attached hydrogens (tertiary/aromatic N) is 1. The second-order valence-electron chi connectivity index (χ2n) is 10.2. The van der Waals surface area contributed by atoms with E-state index in [1.165, 1.54) is 30.2 Å². The van der Waals surface area contributed by atoms with Gasteiger partial charge in [0, 0.05) is 27.7 Å². The van der Waals surface area contributed by atoms with E-state index in [2.05, 4.69) is 16.0 Å². The molecule has 2 heterocycles. The van der Waals surface area contributed by atoms with Gasteiger partial charge in [-0.3, -0.25) is 4.79 Å². The van der Waals surface area contributed by atoms with Crippen LogP contribution in [0.2, 0.25) is 0 Å². The third kappa shape index (κ3) is 8.44. The molecule has 0 fully saturated rings. The molecule has 1 aromatic heterocycles. The smallest absolute Gasteiger partial charge is 0.410 e. The summed E-state index contributed by atoms with van der Waals surface area (Å²) in [6, 6.07) is 17.2. The van der Waals surface area contributed by atoms with Crippen molar-refractivity contribution in [3.8, 4) is 0 Å². The first-order valence-corrected chi connectivity index (χ1v) is 15.1. The molecule has 2 amide bonds. The molecule has 3 aromatic rings. The van der Waals surface area contributed by atoms with Crippen LogP contribution >= 0.6 is 35.3 Å². The van der Waals surface area contributed by atoms with Crippen LogP contribution in [-0.4, -0.2) is 53.0 Å². The van der Waals surface area contributed by atoms with Gasteiger partial charge in [-0.25, -0.2) is 9.59 Å². The van der Waals surface area contributed by atoms with Crippen LogP contribution in [0.25, 0.3) is 0 Å². The van der Waals surface area contributed by atoms with Crippen molar-refractivity contribution < 1.29 is 23.9 Å². The van der Waals surface area contributed by atoms with Crippen LogP contribution in [-0.2, 0) is 27.2 Å². The first kappa shape index (κ1) is 30.4. The van der Waals surface area contributed by atoms with Crippen LogP contribution in [0.4, 0.5) is 21.2 Å². The highest BCUT2D eigenvalue weighted by Gasteiger charge is 2.32. The van der Waals surface area contributed by atoms with Crippen molar-refractivity contribution in [2.75, 3.05) is 35.4 Å². The van der Waals surface area contributed by atoms with Gasteiger partial charge in [0.15, 0.2) is 5.11 Å². The zero-order valence-corrected chi connectivity index (χ0v) is 25.7. The first-order chi connectivity index (χ1) is 19.5. The maximum Gasteiger partial charge on any atom is 0.410 e. The molecule has 4 rings (SSSR count). The summed E-state index contributed by atoms with van der Waals surface area (Å²) in [5.41, 5.74) is 2.20. The molecule has 12 heteroatoms. The number of methoxy groups -OCH3 is 1. The number of rotatable bonds is 7. The number of para-hydroxylation sites is 1. The summed E-state index contributed by atoms with van der Waals surface area (Å²) in [6.45, 7) is 6.15. The summed E-state index contributed by atoms with van der Waals surface area (Å²) in [5.74, 6) is -0.652. The number of carbonyl (C=O) groups is 3.